The van der Waals surface area contributed by atoms with E-state index in [1.54, 1.807) is 13.0 Å². The molecule has 2 rings (SSSR count). The SMILES string of the molecule is C=C(CO)[C@]1(O)C[C@@]2(C)C(=CC1=O)C=CC(=O)[C@@H]2C. The Labute approximate surface area is 112 Å². The fraction of sp³-hybridized carbons (Fsp3) is 0.467. The maximum Gasteiger partial charge on any atom is 0.191 e. The first-order valence-electron chi connectivity index (χ1n) is 6.26. The normalized spacial score (nSPS) is 37.9. The maximum absolute atomic E-state index is 12.1. The molecule has 0 aliphatic heterocycles. The van der Waals surface area contributed by atoms with Gasteiger partial charge in [0, 0.05) is 11.3 Å². The molecule has 102 valence electrons. The fourth-order valence-electron chi connectivity index (χ4n) is 2.85. The first-order chi connectivity index (χ1) is 8.75. The zero-order chi connectivity index (χ0) is 14.4. The standard InChI is InChI=1S/C15H18O4/c1-9(7-16)15(19)8-14(3)10(2)12(17)5-4-11(14)6-13(15)18/h4-6,10,16,19H,1,7-8H2,2-3H3/t10-,14+,15+/m0/s1. The lowest BCUT2D eigenvalue weighted by Crippen LogP contribution is -2.52. The van der Waals surface area contributed by atoms with Gasteiger partial charge in [0.1, 0.15) is 0 Å². The van der Waals surface area contributed by atoms with Gasteiger partial charge in [-0.1, -0.05) is 26.5 Å². The lowest BCUT2D eigenvalue weighted by atomic mass is 9.58. The quantitative estimate of drug-likeness (QED) is 0.726. The molecule has 2 N–H and O–H groups in total. The molecule has 2 aliphatic rings. The van der Waals surface area contributed by atoms with Gasteiger partial charge in [0.05, 0.1) is 6.61 Å². The summed E-state index contributed by atoms with van der Waals surface area (Å²) in [5.41, 5.74) is -1.58. The van der Waals surface area contributed by atoms with E-state index in [1.807, 2.05) is 6.92 Å². The van der Waals surface area contributed by atoms with Crippen LogP contribution in [0, 0.1) is 11.3 Å². The van der Waals surface area contributed by atoms with Crippen LogP contribution in [0.3, 0.4) is 0 Å². The first-order valence-corrected chi connectivity index (χ1v) is 6.26. The molecule has 0 aromatic heterocycles. The molecule has 3 atom stereocenters. The minimum atomic E-state index is -1.78. The zero-order valence-electron chi connectivity index (χ0n) is 11.1. The topological polar surface area (TPSA) is 74.6 Å². The molecule has 0 fully saturated rings. The molecule has 0 unspecified atom stereocenters. The first kappa shape index (κ1) is 13.9. The molecule has 0 bridgehead atoms. The average molecular weight is 262 g/mol. The summed E-state index contributed by atoms with van der Waals surface area (Å²) in [6, 6.07) is 0. The van der Waals surface area contributed by atoms with Crippen LogP contribution in [0.2, 0.25) is 0 Å². The lowest BCUT2D eigenvalue weighted by Gasteiger charge is -2.46. The average Bonchev–Trinajstić information content (AvgIpc) is 2.37. The van der Waals surface area contributed by atoms with Crippen molar-refractivity contribution in [2.24, 2.45) is 11.3 Å². The van der Waals surface area contributed by atoms with Crippen LogP contribution in [0.1, 0.15) is 20.3 Å². The molecule has 0 aromatic rings. The summed E-state index contributed by atoms with van der Waals surface area (Å²) in [5, 5.41) is 19.7. The van der Waals surface area contributed by atoms with Crippen LogP contribution in [0.5, 0.6) is 0 Å². The van der Waals surface area contributed by atoms with Crippen molar-refractivity contribution in [3.8, 4) is 0 Å². The number of rotatable bonds is 2. The highest BCUT2D eigenvalue weighted by Gasteiger charge is 2.52. The molecular formula is C15H18O4. The number of fused-ring (bicyclic) bond motifs is 1. The van der Waals surface area contributed by atoms with Gasteiger partial charge in [-0.2, -0.15) is 0 Å². The minimum absolute atomic E-state index is 0.0223. The number of allylic oxidation sites excluding steroid dienone is 3. The second-order valence-electron chi connectivity index (χ2n) is 5.64. The Balaban J connectivity index is 2.55. The Kier molecular flexibility index (Phi) is 3.11. The van der Waals surface area contributed by atoms with E-state index in [2.05, 4.69) is 6.58 Å². The lowest BCUT2D eigenvalue weighted by molar-refractivity contribution is -0.136. The van der Waals surface area contributed by atoms with E-state index >= 15 is 0 Å². The summed E-state index contributed by atoms with van der Waals surface area (Å²) in [7, 11) is 0. The molecule has 2 aliphatic carbocycles. The molecule has 19 heavy (non-hydrogen) atoms. The highest BCUT2D eigenvalue weighted by atomic mass is 16.3. The number of hydrogen-bond donors (Lipinski definition) is 2. The second kappa shape index (κ2) is 4.25. The molecule has 0 amide bonds. The molecule has 0 radical (unpaired) electrons. The van der Waals surface area contributed by atoms with Crippen molar-refractivity contribution in [1.29, 1.82) is 0 Å². The van der Waals surface area contributed by atoms with E-state index in [4.69, 9.17) is 5.11 Å². The predicted molar refractivity (Wildman–Crippen MR) is 70.3 cm³/mol. The van der Waals surface area contributed by atoms with Gasteiger partial charge in [-0.05, 0) is 29.7 Å². The summed E-state index contributed by atoms with van der Waals surface area (Å²) in [4.78, 5) is 23.9. The van der Waals surface area contributed by atoms with Gasteiger partial charge in [0.25, 0.3) is 0 Å². The molecule has 0 heterocycles. The molecule has 0 spiro atoms. The maximum atomic E-state index is 12.1. The van der Waals surface area contributed by atoms with Crippen LogP contribution in [0.4, 0.5) is 0 Å². The van der Waals surface area contributed by atoms with Crippen LogP contribution < -0.4 is 0 Å². The second-order valence-corrected chi connectivity index (χ2v) is 5.64. The number of aliphatic hydroxyl groups is 2. The van der Waals surface area contributed by atoms with Crippen LogP contribution in [-0.4, -0.2) is 34.0 Å². The number of aliphatic hydroxyl groups excluding tert-OH is 1. The van der Waals surface area contributed by atoms with Crippen LogP contribution in [-0.2, 0) is 9.59 Å². The van der Waals surface area contributed by atoms with Gasteiger partial charge < -0.3 is 10.2 Å². The van der Waals surface area contributed by atoms with Crippen molar-refractivity contribution >= 4 is 11.6 Å². The van der Waals surface area contributed by atoms with Crippen LogP contribution in [0.15, 0.2) is 36.0 Å². The number of ketones is 2. The zero-order valence-corrected chi connectivity index (χ0v) is 11.1. The van der Waals surface area contributed by atoms with Crippen LogP contribution in [0.25, 0.3) is 0 Å². The third kappa shape index (κ3) is 1.83. The Morgan fingerprint density at radius 2 is 2.11 bits per heavy atom. The van der Waals surface area contributed by atoms with Gasteiger partial charge in [-0.15, -0.1) is 0 Å². The Morgan fingerprint density at radius 3 is 2.68 bits per heavy atom. The number of hydrogen-bond acceptors (Lipinski definition) is 4. The third-order valence-electron chi connectivity index (χ3n) is 4.56. The van der Waals surface area contributed by atoms with Crippen molar-refractivity contribution in [2.45, 2.75) is 25.9 Å². The van der Waals surface area contributed by atoms with Gasteiger partial charge in [-0.3, -0.25) is 9.59 Å². The fourth-order valence-corrected chi connectivity index (χ4v) is 2.85. The molecule has 0 saturated heterocycles. The number of carbonyl (C=O) groups is 2. The Bertz CT molecular complexity index is 528. The molecule has 4 nitrogen and oxygen atoms in total. The summed E-state index contributed by atoms with van der Waals surface area (Å²) >= 11 is 0. The molecular weight excluding hydrogens is 244 g/mol. The van der Waals surface area contributed by atoms with Gasteiger partial charge >= 0.3 is 0 Å². The van der Waals surface area contributed by atoms with Gasteiger partial charge in [0.2, 0.25) is 0 Å². The molecule has 0 aromatic carbocycles. The van der Waals surface area contributed by atoms with Gasteiger partial charge in [0.15, 0.2) is 17.2 Å². The van der Waals surface area contributed by atoms with E-state index in [-0.39, 0.29) is 23.7 Å². The third-order valence-corrected chi connectivity index (χ3v) is 4.56. The predicted octanol–water partition coefficient (Wildman–Crippen LogP) is 0.946. The van der Waals surface area contributed by atoms with Crippen molar-refractivity contribution < 1.29 is 19.8 Å². The van der Waals surface area contributed by atoms with E-state index < -0.39 is 23.4 Å². The van der Waals surface area contributed by atoms with Crippen molar-refractivity contribution in [1.82, 2.24) is 0 Å². The highest BCUT2D eigenvalue weighted by Crippen LogP contribution is 2.50. The molecule has 4 heteroatoms. The van der Waals surface area contributed by atoms with Crippen molar-refractivity contribution in [3.05, 3.63) is 36.0 Å². The largest absolute Gasteiger partial charge is 0.392 e. The Morgan fingerprint density at radius 1 is 1.47 bits per heavy atom. The van der Waals surface area contributed by atoms with E-state index in [1.165, 1.54) is 12.2 Å². The van der Waals surface area contributed by atoms with E-state index in [0.29, 0.717) is 0 Å². The van der Waals surface area contributed by atoms with E-state index in [9.17, 15) is 14.7 Å². The highest BCUT2D eigenvalue weighted by molar-refractivity contribution is 6.03. The summed E-state index contributed by atoms with van der Waals surface area (Å²) in [6.07, 6.45) is 4.55. The Hall–Kier alpha value is -1.52. The van der Waals surface area contributed by atoms with Crippen LogP contribution >= 0.6 is 0 Å². The monoisotopic (exact) mass is 262 g/mol. The molecule has 0 saturated carbocycles. The smallest absolute Gasteiger partial charge is 0.191 e. The minimum Gasteiger partial charge on any atom is -0.392 e. The van der Waals surface area contributed by atoms with E-state index in [0.717, 1.165) is 5.57 Å². The van der Waals surface area contributed by atoms with Crippen molar-refractivity contribution in [2.75, 3.05) is 6.61 Å². The summed E-state index contributed by atoms with van der Waals surface area (Å²) in [6.45, 7) is 6.76. The van der Waals surface area contributed by atoms with Gasteiger partial charge in [-0.25, -0.2) is 0 Å². The summed E-state index contributed by atoms with van der Waals surface area (Å²) in [5.74, 6) is -0.828. The van der Waals surface area contributed by atoms with Crippen molar-refractivity contribution in [3.63, 3.8) is 0 Å². The summed E-state index contributed by atoms with van der Waals surface area (Å²) < 4.78 is 0. The number of carbonyl (C=O) groups excluding carboxylic acids is 2.